The van der Waals surface area contributed by atoms with Crippen molar-refractivity contribution in [1.82, 2.24) is 4.72 Å². The third kappa shape index (κ3) is 3.01. The Hall–Kier alpha value is -1.27. The fraction of sp³-hybridized carbons (Fsp3) is 0.538. The van der Waals surface area contributed by atoms with Crippen LogP contribution in [0.25, 0.3) is 0 Å². The predicted octanol–water partition coefficient (Wildman–Crippen LogP) is 1.74. The van der Waals surface area contributed by atoms with Gasteiger partial charge in [0.15, 0.2) is 0 Å². The van der Waals surface area contributed by atoms with Crippen LogP contribution in [0, 0.1) is 5.92 Å². The number of rotatable bonds is 5. The largest absolute Gasteiger partial charge is 0.495 e. The van der Waals surface area contributed by atoms with Gasteiger partial charge in [0.1, 0.15) is 5.75 Å². The van der Waals surface area contributed by atoms with Crippen molar-refractivity contribution in [2.75, 3.05) is 12.8 Å². The second kappa shape index (κ2) is 4.68. The van der Waals surface area contributed by atoms with Gasteiger partial charge in [-0.05, 0) is 50.8 Å². The molecule has 0 amide bonds. The number of ether oxygens (including phenoxy) is 1. The molecular weight excluding hydrogens is 264 g/mol. The molecule has 1 aromatic rings. The first-order valence-corrected chi connectivity index (χ1v) is 7.72. The summed E-state index contributed by atoms with van der Waals surface area (Å²) in [7, 11) is -2.06. The van der Waals surface area contributed by atoms with E-state index in [-0.39, 0.29) is 4.90 Å². The molecule has 1 aromatic carbocycles. The summed E-state index contributed by atoms with van der Waals surface area (Å²) < 4.78 is 32.4. The van der Waals surface area contributed by atoms with Crippen LogP contribution in [-0.2, 0) is 10.0 Å². The number of anilines is 1. The van der Waals surface area contributed by atoms with Gasteiger partial charge in [-0.3, -0.25) is 0 Å². The first-order chi connectivity index (χ1) is 8.76. The third-order valence-corrected chi connectivity index (χ3v) is 5.18. The number of nitrogens with two attached hydrogens (primary N) is 1. The number of sulfonamides is 1. The highest BCUT2D eigenvalue weighted by molar-refractivity contribution is 7.89. The van der Waals surface area contributed by atoms with E-state index in [0.29, 0.717) is 17.4 Å². The lowest BCUT2D eigenvalue weighted by atomic mass is 10.0. The molecule has 0 aliphatic heterocycles. The molecule has 1 fully saturated rings. The molecule has 0 aromatic heterocycles. The Morgan fingerprint density at radius 1 is 1.37 bits per heavy atom. The van der Waals surface area contributed by atoms with E-state index in [1.54, 1.807) is 6.07 Å². The second-order valence-corrected chi connectivity index (χ2v) is 7.19. The topological polar surface area (TPSA) is 81.4 Å². The molecule has 0 saturated heterocycles. The van der Waals surface area contributed by atoms with Crippen molar-refractivity contribution < 1.29 is 13.2 Å². The molecule has 106 valence electrons. The van der Waals surface area contributed by atoms with Crippen LogP contribution < -0.4 is 15.2 Å². The van der Waals surface area contributed by atoms with Gasteiger partial charge in [-0.25, -0.2) is 13.1 Å². The van der Waals surface area contributed by atoms with Gasteiger partial charge >= 0.3 is 0 Å². The van der Waals surface area contributed by atoms with Gasteiger partial charge < -0.3 is 10.5 Å². The maximum Gasteiger partial charge on any atom is 0.241 e. The summed E-state index contributed by atoms with van der Waals surface area (Å²) in [6.45, 7) is 3.82. The van der Waals surface area contributed by atoms with E-state index in [9.17, 15) is 8.42 Å². The summed E-state index contributed by atoms with van der Waals surface area (Å²) in [5, 5.41) is 0. The van der Waals surface area contributed by atoms with Crippen molar-refractivity contribution >= 4 is 15.7 Å². The van der Waals surface area contributed by atoms with Crippen molar-refractivity contribution in [3.05, 3.63) is 18.2 Å². The van der Waals surface area contributed by atoms with Crippen molar-refractivity contribution in [3.63, 3.8) is 0 Å². The minimum absolute atomic E-state index is 0.166. The van der Waals surface area contributed by atoms with Crippen LogP contribution in [0.15, 0.2) is 23.1 Å². The average molecular weight is 284 g/mol. The van der Waals surface area contributed by atoms with Gasteiger partial charge in [-0.15, -0.1) is 0 Å². The first kappa shape index (κ1) is 14.1. The van der Waals surface area contributed by atoms with E-state index in [4.69, 9.17) is 10.5 Å². The van der Waals surface area contributed by atoms with Crippen LogP contribution in [0.3, 0.4) is 0 Å². The van der Waals surface area contributed by atoms with Crippen LogP contribution in [0.5, 0.6) is 5.75 Å². The number of nitrogens with one attached hydrogen (secondary N) is 1. The van der Waals surface area contributed by atoms with Crippen LogP contribution in [0.1, 0.15) is 26.7 Å². The highest BCUT2D eigenvalue weighted by atomic mass is 32.2. The molecule has 1 aliphatic carbocycles. The number of benzene rings is 1. The summed E-state index contributed by atoms with van der Waals surface area (Å²) in [5.41, 5.74) is 5.64. The van der Waals surface area contributed by atoms with Crippen LogP contribution in [0.2, 0.25) is 0 Å². The highest BCUT2D eigenvalue weighted by Crippen LogP contribution is 2.40. The van der Waals surface area contributed by atoms with Crippen molar-refractivity contribution in [2.24, 2.45) is 5.92 Å². The lowest BCUT2D eigenvalue weighted by Crippen LogP contribution is -2.45. The predicted molar refractivity (Wildman–Crippen MR) is 74.5 cm³/mol. The Labute approximate surface area is 114 Å². The third-order valence-electron chi connectivity index (χ3n) is 3.51. The van der Waals surface area contributed by atoms with E-state index in [0.717, 1.165) is 12.8 Å². The lowest BCUT2D eigenvalue weighted by molar-refractivity contribution is 0.400. The Morgan fingerprint density at radius 3 is 2.47 bits per heavy atom. The molecule has 6 heteroatoms. The van der Waals surface area contributed by atoms with E-state index < -0.39 is 15.6 Å². The minimum Gasteiger partial charge on any atom is -0.495 e. The molecule has 1 aliphatic rings. The molecule has 0 radical (unpaired) electrons. The second-order valence-electron chi connectivity index (χ2n) is 5.51. The number of hydrogen-bond donors (Lipinski definition) is 2. The zero-order valence-electron chi connectivity index (χ0n) is 11.4. The van der Waals surface area contributed by atoms with E-state index in [2.05, 4.69) is 4.72 Å². The van der Waals surface area contributed by atoms with Gasteiger partial charge in [0, 0.05) is 5.54 Å². The standard InChI is InChI=1S/C13H20N2O3S/c1-13(2,9-4-5-9)15-19(16,17)10-6-7-12(18-3)11(14)8-10/h6-9,15H,4-5,14H2,1-3H3. The van der Waals surface area contributed by atoms with Gasteiger partial charge in [0.2, 0.25) is 10.0 Å². The number of methoxy groups -OCH3 is 1. The maximum absolute atomic E-state index is 12.3. The van der Waals surface area contributed by atoms with E-state index in [1.807, 2.05) is 13.8 Å². The molecular formula is C13H20N2O3S. The quantitative estimate of drug-likeness (QED) is 0.807. The van der Waals surface area contributed by atoms with Gasteiger partial charge in [0.05, 0.1) is 17.7 Å². The Balaban J connectivity index is 2.26. The van der Waals surface area contributed by atoms with Gasteiger partial charge in [-0.2, -0.15) is 0 Å². The highest BCUT2D eigenvalue weighted by Gasteiger charge is 2.40. The molecule has 0 heterocycles. The van der Waals surface area contributed by atoms with Gasteiger partial charge in [0.25, 0.3) is 0 Å². The fourth-order valence-corrected chi connectivity index (χ4v) is 3.68. The summed E-state index contributed by atoms with van der Waals surface area (Å²) in [5.74, 6) is 0.887. The van der Waals surface area contributed by atoms with E-state index >= 15 is 0 Å². The molecule has 3 N–H and O–H groups in total. The number of nitrogen functional groups attached to an aromatic ring is 1. The monoisotopic (exact) mass is 284 g/mol. The van der Waals surface area contributed by atoms with E-state index in [1.165, 1.54) is 19.2 Å². The molecule has 5 nitrogen and oxygen atoms in total. The summed E-state index contributed by atoms with van der Waals surface area (Å²) in [6, 6.07) is 4.48. The van der Waals surface area contributed by atoms with Crippen LogP contribution in [0.4, 0.5) is 5.69 Å². The molecule has 19 heavy (non-hydrogen) atoms. The Morgan fingerprint density at radius 2 is 2.00 bits per heavy atom. The van der Waals surface area contributed by atoms with Gasteiger partial charge in [-0.1, -0.05) is 0 Å². The average Bonchev–Trinajstić information content (AvgIpc) is 3.11. The fourth-order valence-electron chi connectivity index (χ4n) is 2.17. The maximum atomic E-state index is 12.3. The Bertz CT molecular complexity index is 578. The molecule has 0 atom stereocenters. The van der Waals surface area contributed by atoms with Crippen molar-refractivity contribution in [1.29, 1.82) is 0 Å². The first-order valence-electron chi connectivity index (χ1n) is 6.24. The van der Waals surface area contributed by atoms with Crippen molar-refractivity contribution in [3.8, 4) is 5.75 Å². The number of hydrogen-bond acceptors (Lipinski definition) is 4. The summed E-state index contributed by atoms with van der Waals surface area (Å²) in [6.07, 6.45) is 2.14. The van der Waals surface area contributed by atoms with Crippen molar-refractivity contribution in [2.45, 2.75) is 37.1 Å². The molecule has 1 saturated carbocycles. The molecule has 0 bridgehead atoms. The lowest BCUT2D eigenvalue weighted by Gasteiger charge is -2.25. The van der Waals surface area contributed by atoms with Crippen LogP contribution in [-0.4, -0.2) is 21.1 Å². The SMILES string of the molecule is COc1ccc(S(=O)(=O)NC(C)(C)C2CC2)cc1N. The zero-order chi connectivity index (χ0) is 14.3. The summed E-state index contributed by atoms with van der Waals surface area (Å²) >= 11 is 0. The Kier molecular flexibility index (Phi) is 3.49. The smallest absolute Gasteiger partial charge is 0.241 e. The zero-order valence-corrected chi connectivity index (χ0v) is 12.3. The molecule has 2 rings (SSSR count). The molecule has 0 spiro atoms. The summed E-state index contributed by atoms with van der Waals surface area (Å²) in [4.78, 5) is 0.166. The normalized spacial score (nSPS) is 16.4. The van der Waals surface area contributed by atoms with Crippen LogP contribution >= 0.6 is 0 Å². The molecule has 0 unspecified atom stereocenters. The minimum atomic E-state index is -3.56.